The van der Waals surface area contributed by atoms with E-state index in [4.69, 9.17) is 11.6 Å². The van der Waals surface area contributed by atoms with Crippen molar-refractivity contribution < 1.29 is 4.79 Å². The van der Waals surface area contributed by atoms with Gasteiger partial charge in [0.05, 0.1) is 5.69 Å². The Labute approximate surface area is 139 Å². The number of hydrogen-bond acceptors (Lipinski definition) is 1. The molecule has 0 unspecified atom stereocenters. The molecule has 5 heteroatoms. The van der Waals surface area contributed by atoms with Crippen LogP contribution in [0.5, 0.6) is 0 Å². The fraction of sp³-hybridized carbons (Fsp3) is 0. The zero-order chi connectivity index (χ0) is 14.5. The Morgan fingerprint density at radius 1 is 1.15 bits per heavy atom. The summed E-state index contributed by atoms with van der Waals surface area (Å²) in [4.78, 5) is 11.8. The highest BCUT2D eigenvalue weighted by atomic mass is 79.9. The first kappa shape index (κ1) is 15.3. The first-order chi connectivity index (χ1) is 9.54. The molecule has 0 spiro atoms. The summed E-state index contributed by atoms with van der Waals surface area (Å²) in [6, 6.07) is 12.9. The number of hydrogen-bond donors (Lipinski definition) is 1. The summed E-state index contributed by atoms with van der Waals surface area (Å²) < 4.78 is 1.76. The molecule has 102 valence electrons. The van der Waals surface area contributed by atoms with E-state index in [-0.39, 0.29) is 5.91 Å². The number of amides is 1. The lowest BCUT2D eigenvalue weighted by molar-refractivity contribution is -0.111. The van der Waals surface area contributed by atoms with E-state index in [0.29, 0.717) is 10.7 Å². The molecule has 1 amide bonds. The number of halogens is 3. The van der Waals surface area contributed by atoms with Crippen LogP contribution in [-0.2, 0) is 4.79 Å². The van der Waals surface area contributed by atoms with E-state index >= 15 is 0 Å². The van der Waals surface area contributed by atoms with Crippen molar-refractivity contribution in [3.63, 3.8) is 0 Å². The summed E-state index contributed by atoms with van der Waals surface area (Å²) in [7, 11) is 0. The highest BCUT2D eigenvalue weighted by Gasteiger charge is 2.03. The SMILES string of the molecule is O=C(/C=C/c1cccc(Cl)c1)Nc1ccc(Br)cc1Br. The fourth-order valence-corrected chi connectivity index (χ4v) is 2.89. The lowest BCUT2D eigenvalue weighted by Gasteiger charge is -2.05. The number of anilines is 1. The molecule has 20 heavy (non-hydrogen) atoms. The summed E-state index contributed by atoms with van der Waals surface area (Å²) in [6.07, 6.45) is 3.19. The van der Waals surface area contributed by atoms with Crippen LogP contribution in [0.2, 0.25) is 5.02 Å². The third-order valence-corrected chi connectivity index (χ3v) is 3.85. The average Bonchev–Trinajstić information content (AvgIpc) is 2.40. The molecule has 2 aromatic carbocycles. The van der Waals surface area contributed by atoms with Gasteiger partial charge in [-0.25, -0.2) is 0 Å². The van der Waals surface area contributed by atoms with Crippen molar-refractivity contribution in [3.05, 3.63) is 68.1 Å². The smallest absolute Gasteiger partial charge is 0.248 e. The zero-order valence-corrected chi connectivity index (χ0v) is 14.2. The van der Waals surface area contributed by atoms with E-state index in [1.165, 1.54) is 6.08 Å². The minimum absolute atomic E-state index is 0.201. The molecule has 2 rings (SSSR count). The first-order valence-electron chi connectivity index (χ1n) is 5.74. The van der Waals surface area contributed by atoms with Crippen LogP contribution < -0.4 is 5.32 Å². The van der Waals surface area contributed by atoms with Crippen LogP contribution in [0.4, 0.5) is 5.69 Å². The lowest BCUT2D eigenvalue weighted by Crippen LogP contribution is -2.08. The highest BCUT2D eigenvalue weighted by molar-refractivity contribution is 9.11. The van der Waals surface area contributed by atoms with Crippen LogP contribution >= 0.6 is 43.5 Å². The van der Waals surface area contributed by atoms with Crippen molar-refractivity contribution in [3.8, 4) is 0 Å². The second-order valence-corrected chi connectivity index (χ2v) is 6.21. The molecule has 0 saturated carbocycles. The molecule has 2 nitrogen and oxygen atoms in total. The molecule has 0 aromatic heterocycles. The van der Waals surface area contributed by atoms with Crippen LogP contribution in [0.25, 0.3) is 6.08 Å². The normalized spacial score (nSPS) is 10.8. The highest BCUT2D eigenvalue weighted by Crippen LogP contribution is 2.26. The second-order valence-electron chi connectivity index (χ2n) is 4.00. The summed E-state index contributed by atoms with van der Waals surface area (Å²) in [5, 5.41) is 3.44. The van der Waals surface area contributed by atoms with Gasteiger partial charge >= 0.3 is 0 Å². The number of carbonyl (C=O) groups excluding carboxylic acids is 1. The fourth-order valence-electron chi connectivity index (χ4n) is 1.55. The Balaban J connectivity index is 2.05. The van der Waals surface area contributed by atoms with E-state index in [1.54, 1.807) is 18.2 Å². The van der Waals surface area contributed by atoms with E-state index in [9.17, 15) is 4.79 Å². The Bertz CT molecular complexity index is 671. The minimum atomic E-state index is -0.201. The van der Waals surface area contributed by atoms with Crippen molar-refractivity contribution in [2.75, 3.05) is 5.32 Å². The van der Waals surface area contributed by atoms with Crippen molar-refractivity contribution in [1.82, 2.24) is 0 Å². The Morgan fingerprint density at radius 3 is 2.65 bits per heavy atom. The van der Waals surface area contributed by atoms with Gasteiger partial charge in [-0.2, -0.15) is 0 Å². The maximum atomic E-state index is 11.8. The predicted octanol–water partition coefficient (Wildman–Crippen LogP) is 5.52. The molecule has 0 bridgehead atoms. The van der Waals surface area contributed by atoms with E-state index in [2.05, 4.69) is 37.2 Å². The van der Waals surface area contributed by atoms with Crippen LogP contribution in [0.15, 0.2) is 57.5 Å². The quantitative estimate of drug-likeness (QED) is 0.658. The van der Waals surface area contributed by atoms with E-state index < -0.39 is 0 Å². The largest absolute Gasteiger partial charge is 0.321 e. The lowest BCUT2D eigenvalue weighted by atomic mass is 10.2. The molecule has 0 saturated heterocycles. The Kier molecular flexibility index (Phi) is 5.40. The third-order valence-electron chi connectivity index (χ3n) is 2.46. The topological polar surface area (TPSA) is 29.1 Å². The van der Waals surface area contributed by atoms with Crippen molar-refractivity contribution in [1.29, 1.82) is 0 Å². The molecular weight excluding hydrogens is 405 g/mol. The molecular formula is C15H10Br2ClNO. The monoisotopic (exact) mass is 413 g/mol. The summed E-state index contributed by atoms with van der Waals surface area (Å²) in [6.45, 7) is 0. The molecule has 0 fully saturated rings. The first-order valence-corrected chi connectivity index (χ1v) is 7.71. The number of nitrogens with one attached hydrogen (secondary N) is 1. The van der Waals surface area contributed by atoms with Gasteiger partial charge in [-0.3, -0.25) is 4.79 Å². The molecule has 0 heterocycles. The van der Waals surface area contributed by atoms with Crippen LogP contribution in [0.3, 0.4) is 0 Å². The van der Waals surface area contributed by atoms with Crippen LogP contribution in [0.1, 0.15) is 5.56 Å². The van der Waals surface area contributed by atoms with Gasteiger partial charge < -0.3 is 5.32 Å². The number of rotatable bonds is 3. The van der Waals surface area contributed by atoms with E-state index in [1.807, 2.05) is 30.3 Å². The molecule has 2 aromatic rings. The summed E-state index contributed by atoms with van der Waals surface area (Å²) >= 11 is 12.6. The average molecular weight is 416 g/mol. The maximum Gasteiger partial charge on any atom is 0.248 e. The summed E-state index contributed by atoms with van der Waals surface area (Å²) in [5.74, 6) is -0.201. The van der Waals surface area contributed by atoms with Crippen LogP contribution in [-0.4, -0.2) is 5.91 Å². The van der Waals surface area contributed by atoms with E-state index in [0.717, 1.165) is 14.5 Å². The molecule has 0 radical (unpaired) electrons. The van der Waals surface area contributed by atoms with Gasteiger partial charge in [-0.05, 0) is 57.9 Å². The standard InChI is InChI=1S/C15H10Br2ClNO/c16-11-5-6-14(13(17)9-11)19-15(20)7-4-10-2-1-3-12(18)8-10/h1-9H,(H,19,20)/b7-4+. The summed E-state index contributed by atoms with van der Waals surface area (Å²) in [5.41, 5.74) is 1.59. The Morgan fingerprint density at radius 2 is 1.95 bits per heavy atom. The third kappa shape index (κ3) is 4.47. The van der Waals surface area contributed by atoms with Gasteiger partial charge in [-0.1, -0.05) is 39.7 Å². The maximum absolute atomic E-state index is 11.8. The van der Waals surface area contributed by atoms with Crippen molar-refractivity contribution in [2.24, 2.45) is 0 Å². The van der Waals surface area contributed by atoms with Gasteiger partial charge in [0.1, 0.15) is 0 Å². The zero-order valence-electron chi connectivity index (χ0n) is 10.2. The molecule has 0 atom stereocenters. The number of carbonyl (C=O) groups is 1. The van der Waals surface area contributed by atoms with Crippen LogP contribution in [0, 0.1) is 0 Å². The molecule has 1 N–H and O–H groups in total. The van der Waals surface area contributed by atoms with Gasteiger partial charge in [0.15, 0.2) is 0 Å². The predicted molar refractivity (Wildman–Crippen MR) is 91.0 cm³/mol. The minimum Gasteiger partial charge on any atom is -0.321 e. The van der Waals surface area contributed by atoms with Crippen molar-refractivity contribution in [2.45, 2.75) is 0 Å². The molecule has 0 aliphatic carbocycles. The van der Waals surface area contributed by atoms with Gasteiger partial charge in [0.2, 0.25) is 5.91 Å². The number of benzene rings is 2. The van der Waals surface area contributed by atoms with Gasteiger partial charge in [0.25, 0.3) is 0 Å². The van der Waals surface area contributed by atoms with Gasteiger partial charge in [-0.15, -0.1) is 0 Å². The Hall–Kier alpha value is -1.10. The second kappa shape index (κ2) is 7.07. The molecule has 0 aliphatic rings. The van der Waals surface area contributed by atoms with Gasteiger partial charge in [0, 0.05) is 20.0 Å². The van der Waals surface area contributed by atoms with Crippen molar-refractivity contribution >= 4 is 61.1 Å². The molecule has 0 aliphatic heterocycles.